The molecule has 0 unspecified atom stereocenters. The molecule has 0 saturated heterocycles. The van der Waals surface area contributed by atoms with Crippen LogP contribution in [0.25, 0.3) is 0 Å². The van der Waals surface area contributed by atoms with E-state index in [1.807, 2.05) is 6.07 Å². The first kappa shape index (κ1) is 12.4. The van der Waals surface area contributed by atoms with Crippen LogP contribution in [0.2, 0.25) is 0 Å². The Morgan fingerprint density at radius 1 is 1.33 bits per heavy atom. The lowest BCUT2D eigenvalue weighted by Crippen LogP contribution is -2.50. The number of nitriles is 1. The fourth-order valence-electron chi connectivity index (χ4n) is 1.65. The minimum Gasteiger partial charge on any atom is -0.199 e. The second kappa shape index (κ2) is 4.47. The molecule has 0 aromatic heterocycles. The molecule has 15 heavy (non-hydrogen) atoms. The fraction of sp³-hybridized carbons (Fsp3) is 0.889. The highest BCUT2D eigenvalue weighted by Gasteiger charge is 2.27. The van der Waals surface area contributed by atoms with Gasteiger partial charge in [0.05, 0.1) is 6.07 Å². The van der Waals surface area contributed by atoms with Crippen LogP contribution >= 0.6 is 0 Å². The van der Waals surface area contributed by atoms with E-state index in [-0.39, 0.29) is 6.04 Å². The fourth-order valence-corrected chi connectivity index (χ4v) is 3.10. The third-order valence-electron chi connectivity index (χ3n) is 2.35. The van der Waals surface area contributed by atoms with Crippen LogP contribution in [-0.4, -0.2) is 20.0 Å². The molecule has 0 aromatic rings. The van der Waals surface area contributed by atoms with Crippen molar-refractivity contribution >= 4 is 10.2 Å². The first-order valence-corrected chi connectivity index (χ1v) is 6.55. The quantitative estimate of drug-likeness (QED) is 0.745. The van der Waals surface area contributed by atoms with Gasteiger partial charge in [-0.15, -0.1) is 0 Å². The van der Waals surface area contributed by atoms with Gasteiger partial charge in [0.25, 0.3) is 10.2 Å². The van der Waals surface area contributed by atoms with Crippen molar-refractivity contribution in [1.29, 1.82) is 5.26 Å². The van der Waals surface area contributed by atoms with Gasteiger partial charge in [-0.05, 0) is 26.7 Å². The number of hydrogen-bond acceptors (Lipinski definition) is 3. The van der Waals surface area contributed by atoms with E-state index in [1.54, 1.807) is 0 Å². The second-order valence-corrected chi connectivity index (χ2v) is 5.89. The Morgan fingerprint density at radius 2 is 1.87 bits per heavy atom. The average Bonchev–Trinajstić information content (AvgIpc) is 2.54. The van der Waals surface area contributed by atoms with Gasteiger partial charge in [0.1, 0.15) is 5.54 Å². The van der Waals surface area contributed by atoms with Gasteiger partial charge >= 0.3 is 0 Å². The lowest BCUT2D eigenvalue weighted by Gasteiger charge is -2.20. The molecule has 0 aromatic carbocycles. The van der Waals surface area contributed by atoms with Crippen LogP contribution in [0.15, 0.2) is 0 Å². The summed E-state index contributed by atoms with van der Waals surface area (Å²) in [5.41, 5.74) is -1.07. The summed E-state index contributed by atoms with van der Waals surface area (Å²) in [7, 11) is -3.56. The van der Waals surface area contributed by atoms with E-state index in [0.717, 1.165) is 25.7 Å². The molecule has 2 N–H and O–H groups in total. The van der Waals surface area contributed by atoms with E-state index in [4.69, 9.17) is 5.26 Å². The third kappa shape index (κ3) is 4.16. The highest BCUT2D eigenvalue weighted by molar-refractivity contribution is 7.87. The Labute approximate surface area is 91.0 Å². The van der Waals surface area contributed by atoms with Crippen molar-refractivity contribution in [2.24, 2.45) is 0 Å². The molecule has 1 saturated carbocycles. The molecule has 86 valence electrons. The summed E-state index contributed by atoms with van der Waals surface area (Å²) in [6.07, 6.45) is 3.89. The van der Waals surface area contributed by atoms with Gasteiger partial charge in [0, 0.05) is 6.04 Å². The van der Waals surface area contributed by atoms with Crippen molar-refractivity contribution in [3.05, 3.63) is 0 Å². The zero-order chi connectivity index (χ0) is 11.5. The summed E-state index contributed by atoms with van der Waals surface area (Å²) in [5.74, 6) is 0. The van der Waals surface area contributed by atoms with E-state index in [2.05, 4.69) is 9.44 Å². The minimum absolute atomic E-state index is 0.0250. The van der Waals surface area contributed by atoms with Gasteiger partial charge in [0.15, 0.2) is 0 Å². The Bertz CT molecular complexity index is 350. The van der Waals surface area contributed by atoms with Gasteiger partial charge in [-0.3, -0.25) is 0 Å². The van der Waals surface area contributed by atoms with E-state index in [1.165, 1.54) is 13.8 Å². The maximum Gasteiger partial charge on any atom is 0.278 e. The Balaban J connectivity index is 2.56. The topological polar surface area (TPSA) is 82.0 Å². The molecule has 6 heteroatoms. The largest absolute Gasteiger partial charge is 0.278 e. The normalized spacial score (nSPS) is 19.0. The van der Waals surface area contributed by atoms with Gasteiger partial charge in [-0.25, -0.2) is 0 Å². The molecular weight excluding hydrogens is 214 g/mol. The molecule has 0 radical (unpaired) electrons. The lowest BCUT2D eigenvalue weighted by molar-refractivity contribution is 0.506. The Hall–Kier alpha value is -0.640. The van der Waals surface area contributed by atoms with Gasteiger partial charge in [-0.1, -0.05) is 12.8 Å². The summed E-state index contributed by atoms with van der Waals surface area (Å²) in [4.78, 5) is 0. The van der Waals surface area contributed by atoms with Crippen molar-refractivity contribution in [1.82, 2.24) is 9.44 Å². The van der Waals surface area contributed by atoms with Crippen LogP contribution in [0.3, 0.4) is 0 Å². The van der Waals surface area contributed by atoms with Gasteiger partial charge < -0.3 is 0 Å². The molecule has 1 fully saturated rings. The van der Waals surface area contributed by atoms with Crippen LogP contribution in [0.4, 0.5) is 0 Å². The van der Waals surface area contributed by atoms with E-state index < -0.39 is 15.7 Å². The molecule has 0 amide bonds. The van der Waals surface area contributed by atoms with Crippen LogP contribution in [0.1, 0.15) is 39.5 Å². The number of nitrogens with one attached hydrogen (secondary N) is 2. The second-order valence-electron chi connectivity index (χ2n) is 4.44. The van der Waals surface area contributed by atoms with E-state index in [0.29, 0.717) is 0 Å². The molecule has 1 rings (SSSR count). The van der Waals surface area contributed by atoms with Gasteiger partial charge in [0.2, 0.25) is 0 Å². The predicted molar refractivity (Wildman–Crippen MR) is 57.1 cm³/mol. The summed E-state index contributed by atoms with van der Waals surface area (Å²) < 4.78 is 28.0. The molecule has 5 nitrogen and oxygen atoms in total. The molecule has 0 bridgehead atoms. The lowest BCUT2D eigenvalue weighted by atomic mass is 10.1. The molecule has 0 aliphatic heterocycles. The van der Waals surface area contributed by atoms with Gasteiger partial charge in [-0.2, -0.15) is 23.1 Å². The molecule has 0 atom stereocenters. The number of hydrogen-bond donors (Lipinski definition) is 2. The van der Waals surface area contributed by atoms with Crippen LogP contribution in [-0.2, 0) is 10.2 Å². The zero-order valence-electron chi connectivity index (χ0n) is 9.08. The Kier molecular flexibility index (Phi) is 3.71. The van der Waals surface area contributed by atoms with Crippen molar-refractivity contribution in [3.63, 3.8) is 0 Å². The maximum absolute atomic E-state index is 11.6. The monoisotopic (exact) mass is 231 g/mol. The number of rotatable bonds is 4. The smallest absolute Gasteiger partial charge is 0.199 e. The molecule has 0 heterocycles. The predicted octanol–water partition coefficient (Wildman–Crippen LogP) is 0.655. The molecular formula is C9H17N3O2S. The third-order valence-corrected chi connectivity index (χ3v) is 3.77. The summed E-state index contributed by atoms with van der Waals surface area (Å²) in [6, 6.07) is 1.92. The number of nitrogens with zero attached hydrogens (tertiary/aromatic N) is 1. The maximum atomic E-state index is 11.6. The molecule has 0 spiro atoms. The van der Waals surface area contributed by atoms with Crippen molar-refractivity contribution in [2.75, 3.05) is 0 Å². The summed E-state index contributed by atoms with van der Waals surface area (Å²) in [5, 5.41) is 8.71. The molecule has 1 aliphatic rings. The minimum atomic E-state index is -3.56. The van der Waals surface area contributed by atoms with E-state index in [9.17, 15) is 8.42 Å². The standard InChI is InChI=1S/C9H17N3O2S/c1-9(2,7-10)12-15(13,14)11-8-5-3-4-6-8/h8,11-12H,3-6H2,1-2H3. The van der Waals surface area contributed by atoms with E-state index >= 15 is 0 Å². The zero-order valence-corrected chi connectivity index (χ0v) is 9.89. The van der Waals surface area contributed by atoms with Crippen LogP contribution < -0.4 is 9.44 Å². The SMILES string of the molecule is CC(C)(C#N)NS(=O)(=O)NC1CCCC1. The Morgan fingerprint density at radius 3 is 2.33 bits per heavy atom. The van der Waals surface area contributed by atoms with Crippen LogP contribution in [0, 0.1) is 11.3 Å². The van der Waals surface area contributed by atoms with Crippen molar-refractivity contribution in [3.8, 4) is 6.07 Å². The molecule has 1 aliphatic carbocycles. The van der Waals surface area contributed by atoms with Crippen molar-refractivity contribution in [2.45, 2.75) is 51.1 Å². The first-order chi connectivity index (χ1) is 6.85. The van der Waals surface area contributed by atoms with Crippen molar-refractivity contribution < 1.29 is 8.42 Å². The first-order valence-electron chi connectivity index (χ1n) is 5.07. The summed E-state index contributed by atoms with van der Waals surface area (Å²) >= 11 is 0. The average molecular weight is 231 g/mol. The highest BCUT2D eigenvalue weighted by atomic mass is 32.2. The van der Waals surface area contributed by atoms with Crippen LogP contribution in [0.5, 0.6) is 0 Å². The summed E-state index contributed by atoms with van der Waals surface area (Å²) in [6.45, 7) is 3.06. The highest BCUT2D eigenvalue weighted by Crippen LogP contribution is 2.18.